The van der Waals surface area contributed by atoms with E-state index < -0.39 is 0 Å². The van der Waals surface area contributed by atoms with E-state index in [0.717, 1.165) is 6.42 Å². The summed E-state index contributed by atoms with van der Waals surface area (Å²) in [6.45, 7) is 5.72. The molecule has 1 aliphatic heterocycles. The number of nitrogens with zero attached hydrogens (tertiary/aromatic N) is 1. The highest BCUT2D eigenvalue weighted by molar-refractivity contribution is 5.60. The van der Waals surface area contributed by atoms with Crippen molar-refractivity contribution in [1.82, 2.24) is 0 Å². The van der Waals surface area contributed by atoms with Crippen molar-refractivity contribution in [2.45, 2.75) is 32.7 Å². The third kappa shape index (κ3) is 2.51. The van der Waals surface area contributed by atoms with Crippen LogP contribution in [0.15, 0.2) is 48.5 Å². The van der Waals surface area contributed by atoms with Crippen LogP contribution in [0.1, 0.15) is 30.5 Å². The van der Waals surface area contributed by atoms with E-state index in [1.165, 1.54) is 35.3 Å². The Hall–Kier alpha value is -1.76. The van der Waals surface area contributed by atoms with Crippen LogP contribution in [0.3, 0.4) is 0 Å². The smallest absolute Gasteiger partial charge is 0.0404 e. The van der Waals surface area contributed by atoms with E-state index in [-0.39, 0.29) is 0 Å². The van der Waals surface area contributed by atoms with E-state index in [4.69, 9.17) is 0 Å². The van der Waals surface area contributed by atoms with Crippen molar-refractivity contribution in [1.29, 1.82) is 0 Å². The molecule has 0 unspecified atom stereocenters. The highest BCUT2D eigenvalue weighted by atomic mass is 15.2. The lowest BCUT2D eigenvalue weighted by Gasteiger charge is -2.24. The monoisotopic (exact) mass is 251 g/mol. The first-order valence-electron chi connectivity index (χ1n) is 7.16. The molecule has 1 aliphatic rings. The number of fused-ring (bicyclic) bond motifs is 1. The molecule has 98 valence electrons. The molecule has 0 saturated heterocycles. The fraction of sp³-hybridized carbons (Fsp3) is 0.333. The number of rotatable bonds is 3. The van der Waals surface area contributed by atoms with Gasteiger partial charge in [0.2, 0.25) is 0 Å². The molecule has 1 heteroatoms. The maximum atomic E-state index is 2.52. The van der Waals surface area contributed by atoms with Gasteiger partial charge in [-0.05, 0) is 49.4 Å². The molecule has 0 N–H and O–H groups in total. The van der Waals surface area contributed by atoms with E-state index in [9.17, 15) is 0 Å². The minimum atomic E-state index is 0.591. The van der Waals surface area contributed by atoms with Gasteiger partial charge in [-0.25, -0.2) is 0 Å². The molecule has 0 atom stereocenters. The van der Waals surface area contributed by atoms with Crippen LogP contribution < -0.4 is 4.90 Å². The predicted molar refractivity (Wildman–Crippen MR) is 81.9 cm³/mol. The minimum Gasteiger partial charge on any atom is -0.369 e. The first kappa shape index (κ1) is 12.3. The Morgan fingerprint density at radius 2 is 1.79 bits per heavy atom. The Morgan fingerprint density at radius 3 is 2.53 bits per heavy atom. The van der Waals surface area contributed by atoms with E-state index in [0.29, 0.717) is 6.04 Å². The molecule has 2 aromatic rings. The molecule has 1 nitrogen and oxygen atoms in total. The molecule has 0 fully saturated rings. The second kappa shape index (κ2) is 5.08. The van der Waals surface area contributed by atoms with Gasteiger partial charge >= 0.3 is 0 Å². The normalized spacial score (nSPS) is 13.9. The maximum Gasteiger partial charge on any atom is 0.0404 e. The summed E-state index contributed by atoms with van der Waals surface area (Å²) in [4.78, 5) is 2.52. The summed E-state index contributed by atoms with van der Waals surface area (Å²) in [5.74, 6) is 0. The van der Waals surface area contributed by atoms with Crippen molar-refractivity contribution in [2.75, 3.05) is 11.4 Å². The number of anilines is 1. The largest absolute Gasteiger partial charge is 0.369 e. The Kier molecular flexibility index (Phi) is 3.29. The third-order valence-corrected chi connectivity index (χ3v) is 3.96. The highest BCUT2D eigenvalue weighted by Crippen LogP contribution is 2.31. The van der Waals surface area contributed by atoms with Crippen molar-refractivity contribution in [2.24, 2.45) is 0 Å². The Morgan fingerprint density at radius 1 is 1.00 bits per heavy atom. The Labute approximate surface area is 115 Å². The van der Waals surface area contributed by atoms with Crippen molar-refractivity contribution in [3.8, 4) is 0 Å². The van der Waals surface area contributed by atoms with E-state index in [1.54, 1.807) is 0 Å². The average Bonchev–Trinajstić information content (AvgIpc) is 2.83. The average molecular weight is 251 g/mol. The van der Waals surface area contributed by atoms with Crippen LogP contribution >= 0.6 is 0 Å². The second-order valence-electron chi connectivity index (χ2n) is 5.66. The van der Waals surface area contributed by atoms with Crippen LogP contribution in [0.25, 0.3) is 0 Å². The molecule has 0 bridgehead atoms. The standard InChI is InChI=1S/C18H21N/c1-14(2)19-11-10-17-9-8-16(13-18(17)19)12-15-6-4-3-5-7-15/h3-9,13-14H,10-12H2,1-2H3. The summed E-state index contributed by atoms with van der Waals surface area (Å²) < 4.78 is 0. The summed E-state index contributed by atoms with van der Waals surface area (Å²) in [6.07, 6.45) is 2.22. The zero-order chi connectivity index (χ0) is 13.2. The van der Waals surface area contributed by atoms with Crippen molar-refractivity contribution in [3.05, 3.63) is 65.2 Å². The summed E-state index contributed by atoms with van der Waals surface area (Å²) in [5.41, 5.74) is 5.75. The zero-order valence-corrected chi connectivity index (χ0v) is 11.8. The third-order valence-electron chi connectivity index (χ3n) is 3.96. The molecule has 0 aliphatic carbocycles. The summed E-state index contributed by atoms with van der Waals surface area (Å²) >= 11 is 0. The molecule has 0 radical (unpaired) electrons. The van der Waals surface area contributed by atoms with E-state index in [1.807, 2.05) is 0 Å². The van der Waals surface area contributed by atoms with Crippen LogP contribution in [0.2, 0.25) is 0 Å². The molecule has 2 aromatic carbocycles. The molecule has 1 heterocycles. The lowest BCUT2D eigenvalue weighted by molar-refractivity contribution is 0.710. The molecule has 0 amide bonds. The SMILES string of the molecule is CC(C)N1CCc2ccc(Cc3ccccc3)cc21. The first-order valence-corrected chi connectivity index (χ1v) is 7.16. The van der Waals surface area contributed by atoms with Crippen molar-refractivity contribution in [3.63, 3.8) is 0 Å². The van der Waals surface area contributed by atoms with Crippen molar-refractivity contribution < 1.29 is 0 Å². The van der Waals surface area contributed by atoms with Crippen LogP contribution in [-0.4, -0.2) is 12.6 Å². The van der Waals surface area contributed by atoms with Gasteiger partial charge in [-0.1, -0.05) is 42.5 Å². The molecule has 0 aromatic heterocycles. The van der Waals surface area contributed by atoms with Gasteiger partial charge in [-0.2, -0.15) is 0 Å². The van der Waals surface area contributed by atoms with Gasteiger partial charge < -0.3 is 4.90 Å². The van der Waals surface area contributed by atoms with E-state index >= 15 is 0 Å². The van der Waals surface area contributed by atoms with Gasteiger partial charge in [-0.15, -0.1) is 0 Å². The molecule has 19 heavy (non-hydrogen) atoms. The number of hydrogen-bond acceptors (Lipinski definition) is 1. The first-order chi connectivity index (χ1) is 9.24. The number of hydrogen-bond donors (Lipinski definition) is 0. The topological polar surface area (TPSA) is 3.24 Å². The van der Waals surface area contributed by atoms with Crippen LogP contribution in [-0.2, 0) is 12.8 Å². The van der Waals surface area contributed by atoms with Crippen LogP contribution in [0.5, 0.6) is 0 Å². The molecule has 3 rings (SSSR count). The lowest BCUT2D eigenvalue weighted by Crippen LogP contribution is -2.28. The lowest BCUT2D eigenvalue weighted by atomic mass is 10.0. The minimum absolute atomic E-state index is 0.591. The van der Waals surface area contributed by atoms with Gasteiger partial charge in [0.05, 0.1) is 0 Å². The van der Waals surface area contributed by atoms with Crippen LogP contribution in [0.4, 0.5) is 5.69 Å². The van der Waals surface area contributed by atoms with Gasteiger partial charge in [-0.3, -0.25) is 0 Å². The van der Waals surface area contributed by atoms with Gasteiger partial charge in [0.15, 0.2) is 0 Å². The van der Waals surface area contributed by atoms with E-state index in [2.05, 4.69) is 67.3 Å². The van der Waals surface area contributed by atoms with Gasteiger partial charge in [0, 0.05) is 18.3 Å². The molecular weight excluding hydrogens is 230 g/mol. The number of benzene rings is 2. The summed E-state index contributed by atoms with van der Waals surface area (Å²) in [6, 6.07) is 18.3. The fourth-order valence-corrected chi connectivity index (χ4v) is 2.93. The van der Waals surface area contributed by atoms with Gasteiger partial charge in [0.25, 0.3) is 0 Å². The summed E-state index contributed by atoms with van der Waals surface area (Å²) in [7, 11) is 0. The zero-order valence-electron chi connectivity index (χ0n) is 11.8. The Bertz CT molecular complexity index is 557. The Balaban J connectivity index is 1.87. The molecule has 0 saturated carbocycles. The van der Waals surface area contributed by atoms with Gasteiger partial charge in [0.1, 0.15) is 0 Å². The summed E-state index contributed by atoms with van der Waals surface area (Å²) in [5, 5.41) is 0. The quantitative estimate of drug-likeness (QED) is 0.795. The van der Waals surface area contributed by atoms with Crippen LogP contribution in [0, 0.1) is 0 Å². The fourth-order valence-electron chi connectivity index (χ4n) is 2.93. The molecule has 0 spiro atoms. The second-order valence-corrected chi connectivity index (χ2v) is 5.66. The maximum absolute atomic E-state index is 2.52. The highest BCUT2D eigenvalue weighted by Gasteiger charge is 2.21. The van der Waals surface area contributed by atoms with Crippen molar-refractivity contribution >= 4 is 5.69 Å². The predicted octanol–water partition coefficient (Wildman–Crippen LogP) is 4.05. The molecular formula is C18H21N.